The summed E-state index contributed by atoms with van der Waals surface area (Å²) in [4.78, 5) is 22.4. The van der Waals surface area contributed by atoms with E-state index < -0.39 is 10.8 Å². The first-order chi connectivity index (χ1) is 12.6. The lowest BCUT2D eigenvalue weighted by Gasteiger charge is -2.01. The average Bonchev–Trinajstić information content (AvgIpc) is 3.11. The number of amides is 1. The molecule has 7 nitrogen and oxygen atoms in total. The number of benzene rings is 2. The van der Waals surface area contributed by atoms with Crippen LogP contribution in [0.5, 0.6) is 0 Å². The Balaban J connectivity index is 1.60. The van der Waals surface area contributed by atoms with Crippen molar-refractivity contribution in [2.45, 2.75) is 6.42 Å². The van der Waals surface area contributed by atoms with E-state index in [-0.39, 0.29) is 12.1 Å². The molecule has 0 saturated heterocycles. The van der Waals surface area contributed by atoms with Crippen molar-refractivity contribution in [3.05, 3.63) is 88.2 Å². The lowest BCUT2D eigenvalue weighted by Crippen LogP contribution is -2.20. The third-order valence-electron chi connectivity index (χ3n) is 3.61. The molecule has 0 bridgehead atoms. The second-order valence-electron chi connectivity index (χ2n) is 5.42. The Morgan fingerprint density at radius 3 is 2.58 bits per heavy atom. The molecule has 7 heteroatoms. The quantitative estimate of drug-likeness (QED) is 0.418. The molecular weight excluding hydrogens is 334 g/mol. The summed E-state index contributed by atoms with van der Waals surface area (Å²) < 4.78 is 5.63. The van der Waals surface area contributed by atoms with Crippen LogP contribution < -0.4 is 5.43 Å². The third-order valence-corrected chi connectivity index (χ3v) is 3.61. The summed E-state index contributed by atoms with van der Waals surface area (Å²) >= 11 is 0. The van der Waals surface area contributed by atoms with Crippen molar-refractivity contribution in [3.63, 3.8) is 0 Å². The molecule has 0 spiro atoms. The summed E-state index contributed by atoms with van der Waals surface area (Å²) in [5.41, 5.74) is 3.52. The molecule has 0 fully saturated rings. The zero-order valence-corrected chi connectivity index (χ0v) is 13.7. The second-order valence-corrected chi connectivity index (χ2v) is 5.42. The van der Waals surface area contributed by atoms with Gasteiger partial charge in [-0.25, -0.2) is 5.43 Å². The van der Waals surface area contributed by atoms with Crippen molar-refractivity contribution < 1.29 is 14.1 Å². The van der Waals surface area contributed by atoms with Crippen LogP contribution in [0.1, 0.15) is 11.3 Å². The van der Waals surface area contributed by atoms with E-state index in [1.807, 2.05) is 36.4 Å². The summed E-state index contributed by atoms with van der Waals surface area (Å²) in [6.45, 7) is 0. The van der Waals surface area contributed by atoms with Crippen LogP contribution in [0.2, 0.25) is 0 Å². The maximum Gasteiger partial charge on any atom is 0.273 e. The van der Waals surface area contributed by atoms with Gasteiger partial charge in [0.25, 0.3) is 5.69 Å². The Hall–Kier alpha value is -3.74. The number of hydrogen-bond donors (Lipinski definition) is 1. The minimum atomic E-state index is -0.514. The van der Waals surface area contributed by atoms with Gasteiger partial charge in [0, 0.05) is 17.2 Å². The molecule has 1 N–H and O–H groups in total. The van der Waals surface area contributed by atoms with Gasteiger partial charge in [-0.1, -0.05) is 48.5 Å². The molecule has 0 aliphatic heterocycles. The van der Waals surface area contributed by atoms with Crippen LogP contribution in [0, 0.1) is 10.1 Å². The highest BCUT2D eigenvalue weighted by Crippen LogP contribution is 2.21. The van der Waals surface area contributed by atoms with Crippen LogP contribution in [-0.4, -0.2) is 17.0 Å². The molecule has 0 aliphatic carbocycles. The first-order valence-corrected chi connectivity index (χ1v) is 7.83. The highest BCUT2D eigenvalue weighted by atomic mass is 16.6. The number of nitro benzene ring substituents is 1. The predicted molar refractivity (Wildman–Crippen MR) is 96.7 cm³/mol. The minimum Gasteiger partial charge on any atom is -0.455 e. The van der Waals surface area contributed by atoms with Gasteiger partial charge < -0.3 is 4.42 Å². The van der Waals surface area contributed by atoms with E-state index in [1.165, 1.54) is 12.3 Å². The number of carbonyl (C=O) groups excluding carboxylic acids is 1. The third kappa shape index (κ3) is 4.21. The van der Waals surface area contributed by atoms with Crippen LogP contribution in [0.15, 0.2) is 76.2 Å². The van der Waals surface area contributed by atoms with E-state index in [0.29, 0.717) is 17.1 Å². The summed E-state index contributed by atoms with van der Waals surface area (Å²) in [6, 6.07) is 19.2. The van der Waals surface area contributed by atoms with Crippen molar-refractivity contribution in [2.24, 2.45) is 5.10 Å². The van der Waals surface area contributed by atoms with Crippen molar-refractivity contribution in [1.82, 2.24) is 5.43 Å². The summed E-state index contributed by atoms with van der Waals surface area (Å²) in [5, 5.41) is 14.8. The largest absolute Gasteiger partial charge is 0.455 e. The molecule has 1 amide bonds. The zero-order chi connectivity index (χ0) is 18.4. The van der Waals surface area contributed by atoms with Crippen LogP contribution in [0.25, 0.3) is 11.3 Å². The molecule has 3 rings (SSSR count). The number of rotatable bonds is 6. The van der Waals surface area contributed by atoms with Crippen molar-refractivity contribution >= 4 is 17.8 Å². The Kier molecular flexibility index (Phi) is 5.19. The normalized spacial score (nSPS) is 10.8. The van der Waals surface area contributed by atoms with Crippen molar-refractivity contribution in [3.8, 4) is 11.3 Å². The highest BCUT2D eigenvalue weighted by molar-refractivity contribution is 5.82. The van der Waals surface area contributed by atoms with Gasteiger partial charge in [0.15, 0.2) is 0 Å². The standard InChI is InChI=1S/C19H15N3O4/c23-19(12-15-8-4-5-9-17(15)22(24)25)21-20-13-16-10-11-18(26-16)14-6-2-1-3-7-14/h1-11,13H,12H2,(H,21,23)/b20-13+. The van der Waals surface area contributed by atoms with Crippen LogP contribution in [0.4, 0.5) is 5.69 Å². The molecule has 0 aliphatic rings. The fourth-order valence-corrected chi connectivity index (χ4v) is 2.40. The molecule has 0 radical (unpaired) electrons. The number of furan rings is 1. The predicted octanol–water partition coefficient (Wildman–Crippen LogP) is 3.55. The molecule has 0 atom stereocenters. The number of nitrogens with zero attached hydrogens (tertiary/aromatic N) is 2. The number of nitrogens with one attached hydrogen (secondary N) is 1. The SMILES string of the molecule is O=C(Cc1ccccc1[N+](=O)[O-])N/N=C/c1ccc(-c2ccccc2)o1. The van der Waals surface area contributed by atoms with E-state index in [0.717, 1.165) is 5.56 Å². The summed E-state index contributed by atoms with van der Waals surface area (Å²) in [7, 11) is 0. The molecule has 26 heavy (non-hydrogen) atoms. The number of hydrazone groups is 1. The van der Waals surface area contributed by atoms with Gasteiger partial charge in [0.2, 0.25) is 5.91 Å². The van der Waals surface area contributed by atoms with Gasteiger partial charge in [-0.05, 0) is 12.1 Å². The van der Waals surface area contributed by atoms with E-state index in [9.17, 15) is 14.9 Å². The Bertz CT molecular complexity index is 948. The van der Waals surface area contributed by atoms with Gasteiger partial charge in [-0.2, -0.15) is 5.10 Å². The van der Waals surface area contributed by atoms with E-state index in [1.54, 1.807) is 24.3 Å². The van der Waals surface area contributed by atoms with Crippen LogP contribution >= 0.6 is 0 Å². The second kappa shape index (κ2) is 7.89. The average molecular weight is 349 g/mol. The van der Waals surface area contributed by atoms with E-state index in [2.05, 4.69) is 10.5 Å². The maximum absolute atomic E-state index is 11.9. The Morgan fingerprint density at radius 2 is 1.81 bits per heavy atom. The lowest BCUT2D eigenvalue weighted by molar-refractivity contribution is -0.385. The lowest BCUT2D eigenvalue weighted by atomic mass is 10.1. The van der Waals surface area contributed by atoms with Gasteiger partial charge in [-0.15, -0.1) is 0 Å². The molecule has 2 aromatic carbocycles. The topological polar surface area (TPSA) is 97.7 Å². The monoisotopic (exact) mass is 349 g/mol. The molecule has 1 aromatic heterocycles. The van der Waals surface area contributed by atoms with Gasteiger partial charge >= 0.3 is 0 Å². The van der Waals surface area contributed by atoms with E-state index >= 15 is 0 Å². The molecule has 1 heterocycles. The van der Waals surface area contributed by atoms with Crippen LogP contribution in [0.3, 0.4) is 0 Å². The van der Waals surface area contributed by atoms with Gasteiger partial charge in [0.05, 0.1) is 17.6 Å². The van der Waals surface area contributed by atoms with Gasteiger partial charge in [0.1, 0.15) is 11.5 Å². The van der Waals surface area contributed by atoms with E-state index in [4.69, 9.17) is 4.42 Å². The number of hydrogen-bond acceptors (Lipinski definition) is 5. The van der Waals surface area contributed by atoms with Crippen LogP contribution in [-0.2, 0) is 11.2 Å². The molecule has 0 unspecified atom stereocenters. The molecular formula is C19H15N3O4. The molecule has 3 aromatic rings. The van der Waals surface area contributed by atoms with Crippen molar-refractivity contribution in [1.29, 1.82) is 0 Å². The fourth-order valence-electron chi connectivity index (χ4n) is 2.40. The number of para-hydroxylation sites is 1. The first kappa shape index (κ1) is 17.1. The van der Waals surface area contributed by atoms with Gasteiger partial charge in [-0.3, -0.25) is 14.9 Å². The Morgan fingerprint density at radius 1 is 1.08 bits per heavy atom. The number of carbonyl (C=O) groups is 1. The zero-order valence-electron chi connectivity index (χ0n) is 13.7. The summed E-state index contributed by atoms with van der Waals surface area (Å²) in [5.74, 6) is 0.721. The molecule has 130 valence electrons. The highest BCUT2D eigenvalue weighted by Gasteiger charge is 2.15. The minimum absolute atomic E-state index is 0.0924. The first-order valence-electron chi connectivity index (χ1n) is 7.83. The number of nitro groups is 1. The maximum atomic E-state index is 11.9. The fraction of sp³-hybridized carbons (Fsp3) is 0.0526. The van der Waals surface area contributed by atoms with Crippen molar-refractivity contribution in [2.75, 3.05) is 0 Å². The summed E-state index contributed by atoms with van der Waals surface area (Å²) in [6.07, 6.45) is 1.24. The smallest absolute Gasteiger partial charge is 0.273 e. The molecule has 0 saturated carbocycles. The Labute approximate surface area is 149 Å².